The summed E-state index contributed by atoms with van der Waals surface area (Å²) in [6.45, 7) is 0.131. The van der Waals surface area contributed by atoms with E-state index in [-0.39, 0.29) is 12.4 Å². The zero-order valence-electron chi connectivity index (χ0n) is 10.6. The maximum atomic E-state index is 13.4. The van der Waals surface area contributed by atoms with Gasteiger partial charge in [0.25, 0.3) is 0 Å². The van der Waals surface area contributed by atoms with Crippen LogP contribution in [0.2, 0.25) is 0 Å². The van der Waals surface area contributed by atoms with Crippen LogP contribution in [0.3, 0.4) is 0 Å². The first kappa shape index (κ1) is 14.9. The standard InChI is InChI=1S/C13H10FNO5S/c14-10-7-11(15(18)19)12(6-9(10)13(16)17)20-4-3-8-2-1-5-21-8/h1-2,5-7H,3-4H2,(H,16,17). The second-order valence-corrected chi connectivity index (χ2v) is 5.07. The van der Waals surface area contributed by atoms with E-state index in [1.807, 2.05) is 17.5 Å². The van der Waals surface area contributed by atoms with Gasteiger partial charge in [-0.2, -0.15) is 0 Å². The summed E-state index contributed by atoms with van der Waals surface area (Å²) in [6, 6.07) is 5.15. The van der Waals surface area contributed by atoms with Crippen molar-refractivity contribution in [2.45, 2.75) is 6.42 Å². The molecule has 1 N–H and O–H groups in total. The minimum atomic E-state index is -1.51. The van der Waals surface area contributed by atoms with E-state index >= 15 is 0 Å². The van der Waals surface area contributed by atoms with Crippen LogP contribution in [0.15, 0.2) is 29.6 Å². The lowest BCUT2D eigenvalue weighted by Crippen LogP contribution is -2.07. The molecular formula is C13H10FNO5S. The quantitative estimate of drug-likeness (QED) is 0.654. The second kappa shape index (κ2) is 6.31. The number of rotatable bonds is 6. The van der Waals surface area contributed by atoms with Gasteiger partial charge >= 0.3 is 11.7 Å². The van der Waals surface area contributed by atoms with Crippen molar-refractivity contribution in [1.29, 1.82) is 0 Å². The minimum Gasteiger partial charge on any atom is -0.486 e. The van der Waals surface area contributed by atoms with Crippen LogP contribution in [0, 0.1) is 15.9 Å². The Balaban J connectivity index is 2.21. The summed E-state index contributed by atoms with van der Waals surface area (Å²) >= 11 is 1.51. The van der Waals surface area contributed by atoms with Gasteiger partial charge in [-0.1, -0.05) is 6.07 Å². The molecule has 0 atom stereocenters. The molecule has 2 aromatic rings. The van der Waals surface area contributed by atoms with E-state index in [1.165, 1.54) is 11.3 Å². The molecule has 0 saturated carbocycles. The van der Waals surface area contributed by atoms with Crippen LogP contribution in [0.1, 0.15) is 15.2 Å². The van der Waals surface area contributed by atoms with Crippen molar-refractivity contribution in [2.24, 2.45) is 0 Å². The van der Waals surface area contributed by atoms with E-state index < -0.39 is 28.0 Å². The maximum Gasteiger partial charge on any atom is 0.338 e. The zero-order chi connectivity index (χ0) is 15.4. The molecule has 0 radical (unpaired) electrons. The number of nitro groups is 1. The fourth-order valence-electron chi connectivity index (χ4n) is 1.68. The molecule has 1 heterocycles. The Labute approximate surface area is 122 Å². The molecule has 0 bridgehead atoms. The molecule has 0 spiro atoms. The minimum absolute atomic E-state index is 0.131. The number of hydrogen-bond donors (Lipinski definition) is 1. The monoisotopic (exact) mass is 311 g/mol. The third-order valence-electron chi connectivity index (χ3n) is 2.66. The Kier molecular flexibility index (Phi) is 4.49. The van der Waals surface area contributed by atoms with Crippen molar-refractivity contribution in [3.05, 3.63) is 56.0 Å². The highest BCUT2D eigenvalue weighted by atomic mass is 32.1. The molecule has 6 nitrogen and oxygen atoms in total. The van der Waals surface area contributed by atoms with Gasteiger partial charge in [-0.15, -0.1) is 11.3 Å². The summed E-state index contributed by atoms with van der Waals surface area (Å²) < 4.78 is 18.7. The smallest absolute Gasteiger partial charge is 0.338 e. The number of aromatic carboxylic acids is 1. The van der Waals surface area contributed by atoms with Crippen LogP contribution in [-0.2, 0) is 6.42 Å². The molecule has 0 fully saturated rings. The first-order valence-electron chi connectivity index (χ1n) is 5.85. The predicted molar refractivity (Wildman–Crippen MR) is 73.5 cm³/mol. The SMILES string of the molecule is O=C(O)c1cc(OCCc2cccs2)c([N+](=O)[O-])cc1F. The van der Waals surface area contributed by atoms with Gasteiger partial charge in [-0.05, 0) is 11.4 Å². The number of hydrogen-bond acceptors (Lipinski definition) is 5. The number of nitro benzene ring substituents is 1. The molecule has 0 aliphatic carbocycles. The van der Waals surface area contributed by atoms with E-state index in [4.69, 9.17) is 9.84 Å². The number of carboxylic acid groups (broad SMARTS) is 1. The number of carbonyl (C=O) groups is 1. The molecule has 0 aliphatic rings. The normalized spacial score (nSPS) is 10.3. The molecule has 1 aromatic carbocycles. The van der Waals surface area contributed by atoms with E-state index in [2.05, 4.69) is 0 Å². The zero-order valence-corrected chi connectivity index (χ0v) is 11.4. The van der Waals surface area contributed by atoms with Crippen molar-refractivity contribution in [3.8, 4) is 5.75 Å². The number of thiophene rings is 1. The van der Waals surface area contributed by atoms with Gasteiger partial charge in [0.05, 0.1) is 23.2 Å². The third kappa shape index (κ3) is 3.54. The molecule has 0 aliphatic heterocycles. The van der Waals surface area contributed by atoms with Crippen LogP contribution >= 0.6 is 11.3 Å². The lowest BCUT2D eigenvalue weighted by atomic mass is 10.1. The number of halogens is 1. The Morgan fingerprint density at radius 3 is 2.81 bits per heavy atom. The van der Waals surface area contributed by atoms with Gasteiger partial charge < -0.3 is 9.84 Å². The Hall–Kier alpha value is -2.48. The average Bonchev–Trinajstić information content (AvgIpc) is 2.92. The number of nitrogens with zero attached hydrogens (tertiary/aromatic N) is 1. The van der Waals surface area contributed by atoms with Gasteiger partial charge in [0, 0.05) is 17.4 Å². The summed E-state index contributed by atoms with van der Waals surface area (Å²) in [6.07, 6.45) is 0.522. The van der Waals surface area contributed by atoms with Crippen LogP contribution in [0.4, 0.5) is 10.1 Å². The molecule has 0 unspecified atom stereocenters. The number of benzene rings is 1. The fraction of sp³-hybridized carbons (Fsp3) is 0.154. The molecule has 1 aromatic heterocycles. The molecule has 8 heteroatoms. The molecule has 0 amide bonds. The van der Waals surface area contributed by atoms with E-state index in [0.29, 0.717) is 12.5 Å². The molecule has 0 saturated heterocycles. The van der Waals surface area contributed by atoms with Gasteiger partial charge in [-0.3, -0.25) is 10.1 Å². The van der Waals surface area contributed by atoms with Crippen LogP contribution in [0.5, 0.6) is 5.75 Å². The van der Waals surface area contributed by atoms with Gasteiger partial charge in [0.1, 0.15) is 5.82 Å². The van der Waals surface area contributed by atoms with E-state index in [0.717, 1.165) is 10.9 Å². The largest absolute Gasteiger partial charge is 0.486 e. The first-order valence-corrected chi connectivity index (χ1v) is 6.73. The second-order valence-electron chi connectivity index (χ2n) is 4.04. The number of ether oxygens (including phenoxy) is 1. The Morgan fingerprint density at radius 1 is 1.48 bits per heavy atom. The highest BCUT2D eigenvalue weighted by Gasteiger charge is 2.22. The maximum absolute atomic E-state index is 13.4. The van der Waals surface area contributed by atoms with Gasteiger partial charge in [0.15, 0.2) is 5.75 Å². The highest BCUT2D eigenvalue weighted by molar-refractivity contribution is 7.09. The predicted octanol–water partition coefficient (Wildman–Crippen LogP) is 3.12. The van der Waals surface area contributed by atoms with Crippen LogP contribution in [0.25, 0.3) is 0 Å². The Bertz CT molecular complexity index is 671. The summed E-state index contributed by atoms with van der Waals surface area (Å²) in [5.74, 6) is -2.93. The first-order chi connectivity index (χ1) is 9.99. The summed E-state index contributed by atoms with van der Waals surface area (Å²) in [4.78, 5) is 21.9. The van der Waals surface area contributed by atoms with Gasteiger partial charge in [0.2, 0.25) is 0 Å². The van der Waals surface area contributed by atoms with Crippen molar-refractivity contribution in [3.63, 3.8) is 0 Å². The average molecular weight is 311 g/mol. The van der Waals surface area contributed by atoms with Crippen molar-refractivity contribution >= 4 is 23.0 Å². The third-order valence-corrected chi connectivity index (χ3v) is 3.60. The fourth-order valence-corrected chi connectivity index (χ4v) is 2.37. The van der Waals surface area contributed by atoms with Crippen molar-refractivity contribution < 1.29 is 24.0 Å². The highest BCUT2D eigenvalue weighted by Crippen LogP contribution is 2.30. The lowest BCUT2D eigenvalue weighted by Gasteiger charge is -2.07. The molecule has 21 heavy (non-hydrogen) atoms. The van der Waals surface area contributed by atoms with Crippen LogP contribution in [-0.4, -0.2) is 22.6 Å². The summed E-state index contributed by atoms with van der Waals surface area (Å²) in [7, 11) is 0. The van der Waals surface area contributed by atoms with Crippen molar-refractivity contribution in [1.82, 2.24) is 0 Å². The summed E-state index contributed by atoms with van der Waals surface area (Å²) in [5, 5.41) is 21.6. The Morgan fingerprint density at radius 2 is 2.24 bits per heavy atom. The summed E-state index contributed by atoms with van der Waals surface area (Å²) in [5.41, 5.74) is -1.25. The molecule has 2 rings (SSSR count). The van der Waals surface area contributed by atoms with E-state index in [9.17, 15) is 19.3 Å². The number of carboxylic acids is 1. The lowest BCUT2D eigenvalue weighted by molar-refractivity contribution is -0.386. The van der Waals surface area contributed by atoms with Gasteiger partial charge in [-0.25, -0.2) is 9.18 Å². The van der Waals surface area contributed by atoms with Crippen LogP contribution < -0.4 is 4.74 Å². The molecule has 110 valence electrons. The topological polar surface area (TPSA) is 89.7 Å². The molecular weight excluding hydrogens is 301 g/mol. The van der Waals surface area contributed by atoms with E-state index in [1.54, 1.807) is 0 Å². The van der Waals surface area contributed by atoms with Crippen molar-refractivity contribution in [2.75, 3.05) is 6.61 Å².